The maximum Gasteiger partial charge on any atom is 0.318 e. The normalized spacial score (nSPS) is 18.5. The molecule has 1 fully saturated rings. The Morgan fingerprint density at radius 3 is 2.64 bits per heavy atom. The van der Waals surface area contributed by atoms with E-state index in [2.05, 4.69) is 51.0 Å². The van der Waals surface area contributed by atoms with E-state index < -0.39 is 0 Å². The van der Waals surface area contributed by atoms with Crippen molar-refractivity contribution in [2.24, 2.45) is 5.92 Å². The molecule has 2 aromatic heterocycles. The number of hydrogen-bond donors (Lipinski definition) is 2. The number of rotatable bonds is 5. The summed E-state index contributed by atoms with van der Waals surface area (Å²) in [7, 11) is 0. The lowest BCUT2D eigenvalue weighted by Crippen LogP contribution is -2.50. The van der Waals surface area contributed by atoms with E-state index in [1.165, 1.54) is 11.1 Å². The molecule has 0 bridgehead atoms. The van der Waals surface area contributed by atoms with Gasteiger partial charge >= 0.3 is 6.03 Å². The lowest BCUT2D eigenvalue weighted by molar-refractivity contribution is -0.122. The van der Waals surface area contributed by atoms with Gasteiger partial charge in [-0.25, -0.2) is 14.3 Å². The minimum absolute atomic E-state index is 0.0194. The van der Waals surface area contributed by atoms with Gasteiger partial charge in [0.2, 0.25) is 5.91 Å². The molecule has 4 aromatic rings. The minimum Gasteiger partial charge on any atom is -0.352 e. The molecule has 0 radical (unpaired) electrons. The van der Waals surface area contributed by atoms with Gasteiger partial charge in [-0.2, -0.15) is 5.10 Å². The van der Waals surface area contributed by atoms with E-state index >= 15 is 0 Å². The van der Waals surface area contributed by atoms with E-state index in [9.17, 15) is 9.59 Å². The highest BCUT2D eigenvalue weighted by Gasteiger charge is 2.43. The van der Waals surface area contributed by atoms with Crippen molar-refractivity contribution in [3.63, 3.8) is 0 Å². The van der Waals surface area contributed by atoms with Crippen LogP contribution in [0.25, 0.3) is 16.8 Å². The first-order chi connectivity index (χ1) is 18.8. The molecule has 39 heavy (non-hydrogen) atoms. The molecule has 0 saturated heterocycles. The van der Waals surface area contributed by atoms with E-state index in [1.54, 1.807) is 10.8 Å². The number of fused-ring (bicyclic) bond motifs is 2. The highest BCUT2D eigenvalue weighted by Crippen LogP contribution is 2.47. The molecule has 1 aliphatic carbocycles. The number of aromatic nitrogens is 3. The van der Waals surface area contributed by atoms with Crippen molar-refractivity contribution in [3.8, 4) is 11.1 Å². The fourth-order valence-corrected chi connectivity index (χ4v) is 5.59. The van der Waals surface area contributed by atoms with Crippen molar-refractivity contribution < 1.29 is 9.59 Å². The van der Waals surface area contributed by atoms with Crippen LogP contribution in [0.1, 0.15) is 55.4 Å². The van der Waals surface area contributed by atoms with E-state index in [4.69, 9.17) is 0 Å². The van der Waals surface area contributed by atoms with Crippen LogP contribution in [0.15, 0.2) is 67.1 Å². The zero-order valence-corrected chi connectivity index (χ0v) is 22.6. The van der Waals surface area contributed by atoms with Gasteiger partial charge in [-0.15, -0.1) is 0 Å². The lowest BCUT2D eigenvalue weighted by atomic mass is 9.88. The summed E-state index contributed by atoms with van der Waals surface area (Å²) >= 11 is 0. The minimum atomic E-state index is -0.317. The van der Waals surface area contributed by atoms with Gasteiger partial charge in [-0.05, 0) is 79.5 Å². The van der Waals surface area contributed by atoms with Gasteiger partial charge in [0.15, 0.2) is 5.65 Å². The number of benzene rings is 2. The maximum absolute atomic E-state index is 13.1. The first-order valence-electron chi connectivity index (χ1n) is 13.6. The third-order valence-corrected chi connectivity index (χ3v) is 7.67. The van der Waals surface area contributed by atoms with Crippen molar-refractivity contribution in [3.05, 3.63) is 89.4 Å². The summed E-state index contributed by atoms with van der Waals surface area (Å²) in [5, 5.41) is 10.6. The summed E-state index contributed by atoms with van der Waals surface area (Å²) < 4.78 is 1.78. The highest BCUT2D eigenvalue weighted by molar-refractivity contribution is 5.83. The summed E-state index contributed by atoms with van der Waals surface area (Å²) in [4.78, 5) is 32.2. The molecule has 1 saturated carbocycles. The van der Waals surface area contributed by atoms with Gasteiger partial charge in [-0.3, -0.25) is 4.79 Å². The topological polar surface area (TPSA) is 91.6 Å². The zero-order valence-electron chi connectivity index (χ0n) is 22.6. The standard InChI is InChI=1S/C31H34N6O2/c1-31(2,3)35-30(39)36-14-13-24-23(22-10-12-28-33-19-34-37(28)17-22)11-9-21(27(24)18-36)16-32-29(38)26-15-25(26)20-7-5-4-6-8-20/h4-12,17,19,25-26H,13-16,18H2,1-3H3,(H,32,38)(H,35,39)/t25-,26+/m0/s1. The second-order valence-electron chi connectivity index (χ2n) is 11.6. The summed E-state index contributed by atoms with van der Waals surface area (Å²) in [6.45, 7) is 7.53. The van der Waals surface area contributed by atoms with Crippen LogP contribution in [0, 0.1) is 5.92 Å². The number of urea groups is 1. The molecule has 2 aliphatic rings. The van der Waals surface area contributed by atoms with E-state index in [0.29, 0.717) is 25.6 Å². The van der Waals surface area contributed by atoms with Gasteiger partial charge in [-0.1, -0.05) is 42.5 Å². The number of hydrogen-bond acceptors (Lipinski definition) is 4. The number of nitrogens with zero attached hydrogens (tertiary/aromatic N) is 4. The summed E-state index contributed by atoms with van der Waals surface area (Å²) in [5.74, 6) is 0.410. The molecule has 0 unspecified atom stereocenters. The number of amides is 3. The first-order valence-corrected chi connectivity index (χ1v) is 13.6. The van der Waals surface area contributed by atoms with Crippen molar-refractivity contribution in [2.75, 3.05) is 6.54 Å². The van der Waals surface area contributed by atoms with Crippen molar-refractivity contribution in [1.82, 2.24) is 30.1 Å². The Balaban J connectivity index is 1.26. The van der Waals surface area contributed by atoms with E-state index in [1.807, 2.05) is 56.1 Å². The molecule has 6 rings (SSSR count). The van der Waals surface area contributed by atoms with Crippen LogP contribution in [-0.2, 0) is 24.3 Å². The third-order valence-electron chi connectivity index (χ3n) is 7.67. The van der Waals surface area contributed by atoms with Gasteiger partial charge < -0.3 is 15.5 Å². The van der Waals surface area contributed by atoms with Crippen LogP contribution < -0.4 is 10.6 Å². The van der Waals surface area contributed by atoms with Crippen LogP contribution in [-0.4, -0.2) is 43.5 Å². The molecule has 3 heterocycles. The first kappa shape index (κ1) is 25.1. The van der Waals surface area contributed by atoms with Crippen LogP contribution in [0.2, 0.25) is 0 Å². The number of nitrogens with one attached hydrogen (secondary N) is 2. The van der Waals surface area contributed by atoms with Gasteiger partial charge in [0.05, 0.1) is 0 Å². The smallest absolute Gasteiger partial charge is 0.318 e. The third kappa shape index (κ3) is 5.24. The van der Waals surface area contributed by atoms with Crippen LogP contribution >= 0.6 is 0 Å². The molecule has 2 aromatic carbocycles. The molecule has 2 atom stereocenters. The van der Waals surface area contributed by atoms with Crippen LogP contribution in [0.5, 0.6) is 0 Å². The largest absolute Gasteiger partial charge is 0.352 e. The number of carbonyl (C=O) groups is 2. The van der Waals surface area contributed by atoms with Crippen molar-refractivity contribution in [2.45, 2.75) is 58.2 Å². The van der Waals surface area contributed by atoms with Crippen molar-refractivity contribution >= 4 is 17.6 Å². The average molecular weight is 523 g/mol. The van der Waals surface area contributed by atoms with Crippen molar-refractivity contribution in [1.29, 1.82) is 0 Å². The Kier molecular flexibility index (Phi) is 6.33. The Morgan fingerprint density at radius 1 is 1.03 bits per heavy atom. The second kappa shape index (κ2) is 9.84. The summed E-state index contributed by atoms with van der Waals surface area (Å²) in [6, 6.07) is 18.4. The average Bonchev–Trinajstić information content (AvgIpc) is 3.60. The molecule has 8 nitrogen and oxygen atoms in total. The fraction of sp³-hybridized carbons (Fsp3) is 0.355. The molecule has 8 heteroatoms. The Morgan fingerprint density at radius 2 is 1.85 bits per heavy atom. The van der Waals surface area contributed by atoms with Crippen LogP contribution in [0.4, 0.5) is 4.79 Å². The predicted octanol–water partition coefficient (Wildman–Crippen LogP) is 4.68. The number of carbonyl (C=O) groups excluding carboxylic acids is 2. The zero-order chi connectivity index (χ0) is 27.1. The molecule has 200 valence electrons. The molecule has 3 amide bonds. The summed E-state index contributed by atoms with van der Waals surface area (Å²) in [6.07, 6.45) is 5.17. The van der Waals surface area contributed by atoms with E-state index in [-0.39, 0.29) is 23.4 Å². The Hall–Kier alpha value is -4.20. The molecular weight excluding hydrogens is 488 g/mol. The van der Waals surface area contributed by atoms with Gasteiger partial charge in [0.1, 0.15) is 6.33 Å². The summed E-state index contributed by atoms with van der Waals surface area (Å²) in [5.41, 5.74) is 7.26. The maximum atomic E-state index is 13.1. The quantitative estimate of drug-likeness (QED) is 0.398. The van der Waals surface area contributed by atoms with Gasteiger partial charge in [0, 0.05) is 42.9 Å². The Bertz CT molecular complexity index is 1540. The monoisotopic (exact) mass is 522 g/mol. The lowest BCUT2D eigenvalue weighted by Gasteiger charge is -2.34. The molecular formula is C31H34N6O2. The van der Waals surface area contributed by atoms with Gasteiger partial charge in [0.25, 0.3) is 0 Å². The van der Waals surface area contributed by atoms with E-state index in [0.717, 1.165) is 40.7 Å². The number of pyridine rings is 1. The fourth-order valence-electron chi connectivity index (χ4n) is 5.59. The SMILES string of the molecule is CC(C)(C)NC(=O)N1CCc2c(-c3ccc4ncnn4c3)ccc(CNC(=O)[C@@H]3C[C@H]3c3ccccc3)c2C1. The molecule has 0 spiro atoms. The second-order valence-corrected chi connectivity index (χ2v) is 11.6. The predicted molar refractivity (Wildman–Crippen MR) is 150 cm³/mol. The molecule has 1 aliphatic heterocycles. The van der Waals surface area contributed by atoms with Crippen LogP contribution in [0.3, 0.4) is 0 Å². The Labute approximate surface area is 228 Å². The molecule has 2 N–H and O–H groups in total. The highest BCUT2D eigenvalue weighted by atomic mass is 16.2.